The molecule has 1 fully saturated rings. The molecule has 1 heterocycles. The fraction of sp³-hybridized carbons (Fsp3) is 0.929. The van der Waals surface area contributed by atoms with Gasteiger partial charge >= 0.3 is 6.09 Å². The Kier molecular flexibility index (Phi) is 6.58. The van der Waals surface area contributed by atoms with Crippen LogP contribution in [0.1, 0.15) is 40.0 Å². The van der Waals surface area contributed by atoms with Crippen LogP contribution in [-0.2, 0) is 9.47 Å². The zero-order valence-corrected chi connectivity index (χ0v) is 12.5. The van der Waals surface area contributed by atoms with E-state index in [1.165, 1.54) is 0 Å². The van der Waals surface area contributed by atoms with Gasteiger partial charge in [0.25, 0.3) is 0 Å². The molecule has 0 aromatic carbocycles. The van der Waals surface area contributed by atoms with E-state index in [9.17, 15) is 4.79 Å². The van der Waals surface area contributed by atoms with Gasteiger partial charge in [-0.2, -0.15) is 0 Å². The number of piperidine rings is 1. The van der Waals surface area contributed by atoms with E-state index in [0.717, 1.165) is 39.0 Å². The van der Waals surface area contributed by atoms with Gasteiger partial charge in [0.15, 0.2) is 0 Å². The third-order valence-corrected chi connectivity index (χ3v) is 3.20. The van der Waals surface area contributed by atoms with Crippen LogP contribution in [0.25, 0.3) is 0 Å². The molecule has 0 aliphatic carbocycles. The summed E-state index contributed by atoms with van der Waals surface area (Å²) in [4.78, 5) is 13.7. The third-order valence-electron chi connectivity index (χ3n) is 3.20. The number of rotatable bonds is 5. The van der Waals surface area contributed by atoms with E-state index in [-0.39, 0.29) is 6.09 Å². The first kappa shape index (κ1) is 16.2. The molecule has 0 unspecified atom stereocenters. The van der Waals surface area contributed by atoms with Gasteiger partial charge in [0.05, 0.1) is 6.61 Å². The van der Waals surface area contributed by atoms with Crippen molar-refractivity contribution in [2.45, 2.75) is 45.6 Å². The minimum atomic E-state index is -0.413. The monoisotopic (exact) mass is 272 g/mol. The van der Waals surface area contributed by atoms with Gasteiger partial charge in [-0.15, -0.1) is 0 Å². The topological polar surface area (TPSA) is 64.8 Å². The average Bonchev–Trinajstić information content (AvgIpc) is 2.33. The van der Waals surface area contributed by atoms with E-state index in [1.54, 1.807) is 0 Å². The molecular formula is C14H28N2O3. The lowest BCUT2D eigenvalue weighted by Crippen LogP contribution is -2.41. The molecule has 1 aliphatic heterocycles. The van der Waals surface area contributed by atoms with Crippen molar-refractivity contribution in [3.63, 3.8) is 0 Å². The highest BCUT2D eigenvalue weighted by Gasteiger charge is 2.26. The van der Waals surface area contributed by atoms with Crippen LogP contribution in [0.2, 0.25) is 0 Å². The number of nitrogens with zero attached hydrogens (tertiary/aromatic N) is 1. The molecule has 0 atom stereocenters. The molecule has 0 aromatic heterocycles. The first-order valence-corrected chi connectivity index (χ1v) is 7.18. The maximum atomic E-state index is 11.9. The first-order valence-electron chi connectivity index (χ1n) is 7.18. The molecule has 2 N–H and O–H groups in total. The molecule has 0 bridgehead atoms. The van der Waals surface area contributed by atoms with E-state index in [1.807, 2.05) is 25.7 Å². The van der Waals surface area contributed by atoms with Crippen LogP contribution in [-0.4, -0.2) is 49.4 Å². The smallest absolute Gasteiger partial charge is 0.410 e. The predicted octanol–water partition coefficient (Wildman–Crippen LogP) is 2.00. The molecule has 0 aromatic rings. The van der Waals surface area contributed by atoms with Gasteiger partial charge in [0.2, 0.25) is 0 Å². The van der Waals surface area contributed by atoms with Crippen molar-refractivity contribution in [3.8, 4) is 0 Å². The number of carbonyl (C=O) groups is 1. The molecule has 0 spiro atoms. The second-order valence-corrected chi connectivity index (χ2v) is 6.10. The second kappa shape index (κ2) is 7.70. The van der Waals surface area contributed by atoms with E-state index in [4.69, 9.17) is 15.2 Å². The van der Waals surface area contributed by atoms with Crippen LogP contribution < -0.4 is 5.73 Å². The Balaban J connectivity index is 2.19. The van der Waals surface area contributed by atoms with E-state index in [2.05, 4.69) is 0 Å². The summed E-state index contributed by atoms with van der Waals surface area (Å²) in [5, 5.41) is 0. The Bertz CT molecular complexity index is 268. The Labute approximate surface area is 116 Å². The van der Waals surface area contributed by atoms with Gasteiger partial charge < -0.3 is 20.1 Å². The average molecular weight is 272 g/mol. The van der Waals surface area contributed by atoms with Gasteiger partial charge in [-0.25, -0.2) is 4.79 Å². The minimum Gasteiger partial charge on any atom is -0.444 e. The van der Waals surface area contributed by atoms with Gasteiger partial charge in [-0.1, -0.05) is 0 Å². The van der Waals surface area contributed by atoms with E-state index in [0.29, 0.717) is 19.1 Å². The number of ether oxygens (including phenoxy) is 2. The predicted molar refractivity (Wildman–Crippen MR) is 75.0 cm³/mol. The molecule has 5 nitrogen and oxygen atoms in total. The Morgan fingerprint density at radius 3 is 2.42 bits per heavy atom. The van der Waals surface area contributed by atoms with Crippen molar-refractivity contribution in [3.05, 3.63) is 0 Å². The number of likely N-dealkylation sites (tertiary alicyclic amines) is 1. The fourth-order valence-corrected chi connectivity index (χ4v) is 2.17. The summed E-state index contributed by atoms with van der Waals surface area (Å²) in [6.45, 7) is 9.25. The summed E-state index contributed by atoms with van der Waals surface area (Å²) < 4.78 is 10.8. The van der Waals surface area contributed by atoms with E-state index >= 15 is 0 Å². The summed E-state index contributed by atoms with van der Waals surface area (Å²) >= 11 is 0. The molecular weight excluding hydrogens is 244 g/mol. The van der Waals surface area contributed by atoms with Crippen LogP contribution >= 0.6 is 0 Å². The first-order chi connectivity index (χ1) is 8.92. The second-order valence-electron chi connectivity index (χ2n) is 6.10. The molecule has 1 amide bonds. The number of hydrogen-bond acceptors (Lipinski definition) is 4. The summed E-state index contributed by atoms with van der Waals surface area (Å²) in [7, 11) is 0. The van der Waals surface area contributed by atoms with Crippen molar-refractivity contribution in [1.82, 2.24) is 4.90 Å². The minimum absolute atomic E-state index is 0.190. The van der Waals surface area contributed by atoms with Crippen molar-refractivity contribution < 1.29 is 14.3 Å². The molecule has 0 radical (unpaired) electrons. The quantitative estimate of drug-likeness (QED) is 0.777. The highest BCUT2D eigenvalue weighted by Crippen LogP contribution is 2.22. The van der Waals surface area contributed by atoms with Crippen LogP contribution in [0, 0.1) is 5.92 Å². The Morgan fingerprint density at radius 2 is 1.89 bits per heavy atom. The van der Waals surface area contributed by atoms with Crippen LogP contribution in [0.15, 0.2) is 0 Å². The van der Waals surface area contributed by atoms with E-state index < -0.39 is 5.60 Å². The Morgan fingerprint density at radius 1 is 1.26 bits per heavy atom. The molecule has 1 rings (SSSR count). The van der Waals surface area contributed by atoms with Crippen molar-refractivity contribution >= 4 is 6.09 Å². The zero-order chi connectivity index (χ0) is 14.3. The highest BCUT2D eigenvalue weighted by atomic mass is 16.6. The van der Waals surface area contributed by atoms with Crippen molar-refractivity contribution in [1.29, 1.82) is 0 Å². The fourth-order valence-electron chi connectivity index (χ4n) is 2.17. The number of carbonyl (C=O) groups excluding carboxylic acids is 1. The molecule has 1 aliphatic rings. The van der Waals surface area contributed by atoms with Gasteiger partial charge in [0, 0.05) is 26.2 Å². The number of hydrogen-bond donors (Lipinski definition) is 1. The van der Waals surface area contributed by atoms with Gasteiger partial charge in [-0.05, 0) is 46.0 Å². The number of nitrogens with two attached hydrogens (primary N) is 1. The van der Waals surface area contributed by atoms with Crippen molar-refractivity contribution in [2.24, 2.45) is 11.7 Å². The molecule has 5 heteroatoms. The van der Waals surface area contributed by atoms with Crippen LogP contribution in [0.5, 0.6) is 0 Å². The molecule has 0 saturated carbocycles. The lowest BCUT2D eigenvalue weighted by molar-refractivity contribution is 0.0168. The number of amides is 1. The molecule has 112 valence electrons. The summed E-state index contributed by atoms with van der Waals surface area (Å²) in [5.41, 5.74) is 4.95. The van der Waals surface area contributed by atoms with Gasteiger partial charge in [0.1, 0.15) is 5.60 Å². The van der Waals surface area contributed by atoms with Crippen molar-refractivity contribution in [2.75, 3.05) is 32.8 Å². The summed E-state index contributed by atoms with van der Waals surface area (Å²) in [5.74, 6) is 0.650. The lowest BCUT2D eigenvalue weighted by Gasteiger charge is -2.33. The van der Waals surface area contributed by atoms with Crippen LogP contribution in [0.3, 0.4) is 0 Å². The zero-order valence-electron chi connectivity index (χ0n) is 12.5. The van der Waals surface area contributed by atoms with Gasteiger partial charge in [-0.3, -0.25) is 0 Å². The Hall–Kier alpha value is -0.810. The molecule has 19 heavy (non-hydrogen) atoms. The third kappa shape index (κ3) is 6.78. The maximum Gasteiger partial charge on any atom is 0.410 e. The lowest BCUT2D eigenvalue weighted by atomic mass is 9.94. The molecule has 1 saturated heterocycles. The highest BCUT2D eigenvalue weighted by molar-refractivity contribution is 5.68. The summed E-state index contributed by atoms with van der Waals surface area (Å²) in [6, 6.07) is 0. The standard InChI is InChI=1S/C14H28N2O3/c1-14(2,3)19-13(17)16-8-4-12(5-9-16)6-10-18-11-7-15/h12H,4-11,15H2,1-3H3. The summed E-state index contributed by atoms with van der Waals surface area (Å²) in [6.07, 6.45) is 2.93. The van der Waals surface area contributed by atoms with Crippen LogP contribution in [0.4, 0.5) is 4.79 Å². The largest absolute Gasteiger partial charge is 0.444 e. The maximum absolute atomic E-state index is 11.9. The SMILES string of the molecule is CC(C)(C)OC(=O)N1CCC(CCOCCN)CC1. The normalized spacial score (nSPS) is 17.6.